The first-order chi connectivity index (χ1) is 12.2. The summed E-state index contributed by atoms with van der Waals surface area (Å²) in [5.74, 6) is 0.896. The molecule has 1 aliphatic rings. The lowest BCUT2D eigenvalue weighted by molar-refractivity contribution is 0.437. The van der Waals surface area contributed by atoms with E-state index in [-0.39, 0.29) is 0 Å². The van der Waals surface area contributed by atoms with E-state index in [0.29, 0.717) is 6.04 Å². The monoisotopic (exact) mass is 331 g/mol. The maximum absolute atomic E-state index is 6.28. The molecule has 0 amide bonds. The van der Waals surface area contributed by atoms with Crippen molar-refractivity contribution in [2.75, 3.05) is 0 Å². The topological polar surface area (TPSA) is 25.5 Å². The lowest BCUT2D eigenvalue weighted by atomic mass is 9.96. The Hall–Kier alpha value is -2.35. The standard InChI is InChI=1S/C23H25NO/c1-16-13-17(2)23-20(24-19-11-7-4-8-12-19)15-21(25-22(23)14-16)18-9-5-3-6-10-18/h3,5-6,9-10,13-15,19H,4,7-8,11-12H2,1-2H3. The van der Waals surface area contributed by atoms with Gasteiger partial charge in [0.05, 0.1) is 11.4 Å². The molecule has 2 nitrogen and oxygen atoms in total. The van der Waals surface area contributed by atoms with Crippen molar-refractivity contribution >= 4 is 11.0 Å². The van der Waals surface area contributed by atoms with Crippen LogP contribution in [-0.4, -0.2) is 6.04 Å². The van der Waals surface area contributed by atoms with Crippen LogP contribution >= 0.6 is 0 Å². The van der Waals surface area contributed by atoms with E-state index in [0.717, 1.165) is 27.7 Å². The van der Waals surface area contributed by atoms with Gasteiger partial charge in [0.15, 0.2) is 0 Å². The maximum Gasteiger partial charge on any atom is 0.137 e. The van der Waals surface area contributed by atoms with Gasteiger partial charge < -0.3 is 4.42 Å². The summed E-state index contributed by atoms with van der Waals surface area (Å²) in [6, 6.07) is 17.3. The molecule has 0 radical (unpaired) electrons. The average Bonchev–Trinajstić information content (AvgIpc) is 2.62. The van der Waals surface area contributed by atoms with Crippen molar-refractivity contribution in [1.82, 2.24) is 0 Å². The molecule has 2 heteroatoms. The minimum Gasteiger partial charge on any atom is -0.456 e. The third-order valence-corrected chi connectivity index (χ3v) is 5.14. The zero-order valence-corrected chi connectivity index (χ0v) is 15.1. The molecule has 1 aromatic heterocycles. The minimum atomic E-state index is 0.448. The molecule has 0 spiro atoms. The predicted octanol–water partition coefficient (Wildman–Crippen LogP) is 5.95. The van der Waals surface area contributed by atoms with Crippen molar-refractivity contribution in [3.05, 3.63) is 65.0 Å². The van der Waals surface area contributed by atoms with Gasteiger partial charge in [0.1, 0.15) is 11.3 Å². The molecule has 1 aliphatic carbocycles. The van der Waals surface area contributed by atoms with Crippen LogP contribution in [0.1, 0.15) is 43.2 Å². The number of hydrogen-bond donors (Lipinski definition) is 0. The van der Waals surface area contributed by atoms with E-state index >= 15 is 0 Å². The Morgan fingerprint density at radius 2 is 1.68 bits per heavy atom. The van der Waals surface area contributed by atoms with Crippen LogP contribution in [0, 0.1) is 13.8 Å². The number of fused-ring (bicyclic) bond motifs is 1. The lowest BCUT2D eigenvalue weighted by Gasteiger charge is -2.18. The second kappa shape index (κ2) is 6.87. The third-order valence-electron chi connectivity index (χ3n) is 5.14. The zero-order chi connectivity index (χ0) is 17.2. The third kappa shape index (κ3) is 3.39. The molecule has 1 saturated carbocycles. The summed E-state index contributed by atoms with van der Waals surface area (Å²) in [5, 5.41) is 2.25. The second-order valence-electron chi connectivity index (χ2n) is 7.24. The Labute approximate surface area is 149 Å². The van der Waals surface area contributed by atoms with Crippen LogP contribution in [0.3, 0.4) is 0 Å². The van der Waals surface area contributed by atoms with Gasteiger partial charge >= 0.3 is 0 Å². The number of aryl methyl sites for hydroxylation is 2. The Morgan fingerprint density at radius 1 is 0.920 bits per heavy atom. The highest BCUT2D eigenvalue weighted by molar-refractivity contribution is 5.82. The number of rotatable bonds is 2. The summed E-state index contributed by atoms with van der Waals surface area (Å²) in [5.41, 5.74) is 4.51. The van der Waals surface area contributed by atoms with E-state index < -0.39 is 0 Å². The summed E-state index contributed by atoms with van der Waals surface area (Å²) in [6.45, 7) is 4.28. The van der Waals surface area contributed by atoms with Gasteiger partial charge in [0.25, 0.3) is 0 Å². The Kier molecular flexibility index (Phi) is 4.44. The first-order valence-corrected chi connectivity index (χ1v) is 9.35. The normalized spacial score (nSPS) is 16.5. The van der Waals surface area contributed by atoms with E-state index in [9.17, 15) is 0 Å². The van der Waals surface area contributed by atoms with E-state index in [1.165, 1.54) is 43.2 Å². The number of benzene rings is 2. The highest BCUT2D eigenvalue weighted by Crippen LogP contribution is 2.26. The Morgan fingerprint density at radius 3 is 2.44 bits per heavy atom. The van der Waals surface area contributed by atoms with Crippen LogP contribution in [0.25, 0.3) is 22.3 Å². The van der Waals surface area contributed by atoms with Crippen molar-refractivity contribution in [2.45, 2.75) is 52.0 Å². The fourth-order valence-electron chi connectivity index (χ4n) is 3.93. The summed E-state index contributed by atoms with van der Waals surface area (Å²) in [6.07, 6.45) is 6.36. The Balaban J connectivity index is 1.96. The molecular formula is C23H25NO. The van der Waals surface area contributed by atoms with E-state index in [4.69, 9.17) is 9.41 Å². The molecule has 4 rings (SSSR count). The van der Waals surface area contributed by atoms with Crippen LogP contribution in [0.2, 0.25) is 0 Å². The number of nitrogens with zero attached hydrogens (tertiary/aromatic N) is 1. The van der Waals surface area contributed by atoms with Crippen LogP contribution in [0.5, 0.6) is 0 Å². The summed E-state index contributed by atoms with van der Waals surface area (Å²) < 4.78 is 6.28. The van der Waals surface area contributed by atoms with Crippen molar-refractivity contribution in [1.29, 1.82) is 0 Å². The van der Waals surface area contributed by atoms with Crippen molar-refractivity contribution < 1.29 is 4.42 Å². The van der Waals surface area contributed by atoms with Crippen molar-refractivity contribution in [3.63, 3.8) is 0 Å². The largest absolute Gasteiger partial charge is 0.456 e. The number of hydrogen-bond acceptors (Lipinski definition) is 2. The van der Waals surface area contributed by atoms with Gasteiger partial charge in [-0.15, -0.1) is 0 Å². The van der Waals surface area contributed by atoms with Gasteiger partial charge in [-0.1, -0.05) is 55.7 Å². The molecule has 0 aliphatic heterocycles. The fourth-order valence-corrected chi connectivity index (χ4v) is 3.93. The molecule has 1 heterocycles. The lowest BCUT2D eigenvalue weighted by Crippen LogP contribution is -2.16. The molecule has 128 valence electrons. The summed E-state index contributed by atoms with van der Waals surface area (Å²) >= 11 is 0. The van der Waals surface area contributed by atoms with E-state index in [1.807, 2.05) is 6.07 Å². The molecule has 0 atom stereocenters. The van der Waals surface area contributed by atoms with Crippen LogP contribution in [0.4, 0.5) is 0 Å². The second-order valence-corrected chi connectivity index (χ2v) is 7.24. The molecule has 3 aromatic rings. The van der Waals surface area contributed by atoms with Gasteiger partial charge in [-0.05, 0) is 43.9 Å². The average molecular weight is 331 g/mol. The van der Waals surface area contributed by atoms with Crippen LogP contribution in [0.15, 0.2) is 57.9 Å². The molecule has 0 unspecified atom stereocenters. The molecule has 1 fully saturated rings. The van der Waals surface area contributed by atoms with E-state index in [2.05, 4.69) is 56.3 Å². The van der Waals surface area contributed by atoms with Crippen LogP contribution < -0.4 is 5.36 Å². The van der Waals surface area contributed by atoms with Gasteiger partial charge in [-0.25, -0.2) is 0 Å². The molecule has 0 N–H and O–H groups in total. The molecule has 0 saturated heterocycles. The first-order valence-electron chi connectivity index (χ1n) is 9.35. The quantitative estimate of drug-likeness (QED) is 0.569. The zero-order valence-electron chi connectivity index (χ0n) is 15.1. The maximum atomic E-state index is 6.28. The minimum absolute atomic E-state index is 0.448. The molecule has 0 bridgehead atoms. The van der Waals surface area contributed by atoms with Gasteiger partial charge in [-0.2, -0.15) is 0 Å². The fraction of sp³-hybridized carbons (Fsp3) is 0.348. The first kappa shape index (κ1) is 16.1. The summed E-state index contributed by atoms with van der Waals surface area (Å²) in [4.78, 5) is 5.16. The van der Waals surface area contributed by atoms with E-state index in [1.54, 1.807) is 0 Å². The van der Waals surface area contributed by atoms with Crippen molar-refractivity contribution in [2.24, 2.45) is 4.99 Å². The smallest absolute Gasteiger partial charge is 0.137 e. The molecule has 25 heavy (non-hydrogen) atoms. The predicted molar refractivity (Wildman–Crippen MR) is 104 cm³/mol. The molecular weight excluding hydrogens is 306 g/mol. The molecule has 2 aromatic carbocycles. The van der Waals surface area contributed by atoms with Gasteiger partial charge in [-0.3, -0.25) is 4.99 Å². The highest BCUT2D eigenvalue weighted by Gasteiger charge is 2.14. The van der Waals surface area contributed by atoms with Crippen LogP contribution in [-0.2, 0) is 0 Å². The van der Waals surface area contributed by atoms with Gasteiger partial charge in [0, 0.05) is 17.0 Å². The highest BCUT2D eigenvalue weighted by atomic mass is 16.3. The summed E-state index contributed by atoms with van der Waals surface area (Å²) in [7, 11) is 0. The SMILES string of the molecule is Cc1cc(C)c2c(=NC3CCCCC3)cc(-c3ccccc3)oc2c1. The van der Waals surface area contributed by atoms with Gasteiger partial charge in [0.2, 0.25) is 0 Å². The Bertz CT molecular complexity index is 947. The van der Waals surface area contributed by atoms with Crippen molar-refractivity contribution in [3.8, 4) is 11.3 Å².